The number of carbonyl (C=O) groups excluding carboxylic acids is 2. The Bertz CT molecular complexity index is 1330. The van der Waals surface area contributed by atoms with Crippen LogP contribution in [0.4, 0.5) is 11.4 Å². The maximum absolute atomic E-state index is 13.5. The molecule has 0 bridgehead atoms. The van der Waals surface area contributed by atoms with Gasteiger partial charge in [0.05, 0.1) is 29.2 Å². The normalized spacial score (nSPS) is 11.8. The number of para-hydroxylation sites is 2. The summed E-state index contributed by atoms with van der Waals surface area (Å²) in [6.07, 6.45) is 1.58. The minimum absolute atomic E-state index is 0.00565. The van der Waals surface area contributed by atoms with Gasteiger partial charge in [-0.2, -0.15) is 5.10 Å². The second-order valence-corrected chi connectivity index (χ2v) is 8.24. The highest BCUT2D eigenvalue weighted by molar-refractivity contribution is 7.99. The second kappa shape index (κ2) is 8.36. The van der Waals surface area contributed by atoms with Gasteiger partial charge in [-0.05, 0) is 49.4 Å². The van der Waals surface area contributed by atoms with Crippen LogP contribution >= 0.6 is 11.8 Å². The summed E-state index contributed by atoms with van der Waals surface area (Å²) in [5.74, 6) is -0.908. The number of carbonyl (C=O) groups is 2. The number of nitrogens with zero attached hydrogens (tertiary/aromatic N) is 2. The number of ether oxygens (including phenoxy) is 1. The summed E-state index contributed by atoms with van der Waals surface area (Å²) in [7, 11) is 0. The van der Waals surface area contributed by atoms with Crippen molar-refractivity contribution in [2.24, 2.45) is 0 Å². The van der Waals surface area contributed by atoms with Gasteiger partial charge in [0.25, 0.3) is 0 Å². The van der Waals surface area contributed by atoms with E-state index >= 15 is 0 Å². The molecule has 0 spiro atoms. The third-order valence-electron chi connectivity index (χ3n) is 5.07. The van der Waals surface area contributed by atoms with Crippen LogP contribution in [0, 0.1) is 0 Å². The minimum Gasteiger partial charge on any atom is -0.461 e. The lowest BCUT2D eigenvalue weighted by atomic mass is 10.0. The van der Waals surface area contributed by atoms with Crippen molar-refractivity contribution in [2.45, 2.75) is 16.7 Å². The van der Waals surface area contributed by atoms with E-state index in [9.17, 15) is 9.59 Å². The zero-order valence-electron chi connectivity index (χ0n) is 17.2. The Morgan fingerprint density at radius 1 is 0.969 bits per heavy atom. The van der Waals surface area contributed by atoms with E-state index in [1.165, 1.54) is 4.68 Å². The summed E-state index contributed by atoms with van der Waals surface area (Å²) >= 11 is 1.65. The molecular weight excluding hydrogens is 422 g/mol. The number of aromatic nitrogens is 2. The SMILES string of the molecule is CCOC(=O)c1nn(-c2ccccc2)cc1C(=O)c1ccc2c(c1)Nc1ccccc1S2. The Morgan fingerprint density at radius 2 is 1.72 bits per heavy atom. The van der Waals surface area contributed by atoms with E-state index in [1.54, 1.807) is 30.9 Å². The van der Waals surface area contributed by atoms with Crippen LogP contribution < -0.4 is 5.32 Å². The van der Waals surface area contributed by atoms with Gasteiger partial charge < -0.3 is 10.1 Å². The van der Waals surface area contributed by atoms with E-state index in [0.717, 1.165) is 26.9 Å². The molecule has 1 aliphatic rings. The molecule has 158 valence electrons. The van der Waals surface area contributed by atoms with E-state index < -0.39 is 5.97 Å². The number of rotatable bonds is 5. The average molecular weight is 442 g/mol. The van der Waals surface area contributed by atoms with Crippen LogP contribution in [0.15, 0.2) is 88.8 Å². The molecule has 1 aliphatic heterocycles. The number of anilines is 2. The van der Waals surface area contributed by atoms with Gasteiger partial charge in [-0.3, -0.25) is 4.79 Å². The molecule has 0 amide bonds. The van der Waals surface area contributed by atoms with Crippen molar-refractivity contribution >= 4 is 34.9 Å². The number of fused-ring (bicyclic) bond motifs is 2. The first kappa shape index (κ1) is 20.1. The van der Waals surface area contributed by atoms with Gasteiger partial charge in [0, 0.05) is 21.6 Å². The number of hydrogen-bond donors (Lipinski definition) is 1. The molecule has 0 atom stereocenters. The monoisotopic (exact) mass is 441 g/mol. The van der Waals surface area contributed by atoms with E-state index in [1.807, 2.05) is 60.7 Å². The summed E-state index contributed by atoms with van der Waals surface area (Å²) in [4.78, 5) is 28.2. The van der Waals surface area contributed by atoms with E-state index in [-0.39, 0.29) is 23.6 Å². The van der Waals surface area contributed by atoms with Crippen LogP contribution in [0.3, 0.4) is 0 Å². The molecule has 0 radical (unpaired) electrons. The summed E-state index contributed by atoms with van der Waals surface area (Å²) in [5.41, 5.74) is 3.28. The van der Waals surface area contributed by atoms with Crippen molar-refractivity contribution < 1.29 is 14.3 Å². The number of nitrogens with one attached hydrogen (secondary N) is 1. The topological polar surface area (TPSA) is 73.2 Å². The highest BCUT2D eigenvalue weighted by atomic mass is 32.2. The number of ketones is 1. The lowest BCUT2D eigenvalue weighted by Crippen LogP contribution is -2.12. The smallest absolute Gasteiger partial charge is 0.359 e. The van der Waals surface area contributed by atoms with Crippen LogP contribution in [-0.2, 0) is 4.74 Å². The first-order valence-electron chi connectivity index (χ1n) is 10.2. The molecule has 7 heteroatoms. The first-order valence-corrected chi connectivity index (χ1v) is 11.0. The molecule has 0 aliphatic carbocycles. The van der Waals surface area contributed by atoms with Crippen LogP contribution in [0.5, 0.6) is 0 Å². The van der Waals surface area contributed by atoms with Crippen LogP contribution in [0.1, 0.15) is 33.3 Å². The van der Waals surface area contributed by atoms with Crippen molar-refractivity contribution in [2.75, 3.05) is 11.9 Å². The quantitative estimate of drug-likeness (QED) is 0.287. The molecular formula is C25H19N3O3S. The Balaban J connectivity index is 1.53. The predicted octanol–water partition coefficient (Wildman–Crippen LogP) is 5.49. The maximum Gasteiger partial charge on any atom is 0.359 e. The fraction of sp³-hybridized carbons (Fsp3) is 0.0800. The highest BCUT2D eigenvalue weighted by Crippen LogP contribution is 2.44. The van der Waals surface area contributed by atoms with Crippen molar-refractivity contribution in [1.82, 2.24) is 9.78 Å². The van der Waals surface area contributed by atoms with Gasteiger partial charge in [0.2, 0.25) is 0 Å². The molecule has 6 nitrogen and oxygen atoms in total. The van der Waals surface area contributed by atoms with Crippen LogP contribution in [0.25, 0.3) is 5.69 Å². The van der Waals surface area contributed by atoms with Crippen molar-refractivity contribution in [3.63, 3.8) is 0 Å². The largest absolute Gasteiger partial charge is 0.461 e. The molecule has 2 heterocycles. The van der Waals surface area contributed by atoms with Gasteiger partial charge in [-0.15, -0.1) is 0 Å². The fourth-order valence-electron chi connectivity index (χ4n) is 3.54. The average Bonchev–Trinajstić information content (AvgIpc) is 3.28. The zero-order valence-corrected chi connectivity index (χ0v) is 18.1. The number of hydrogen-bond acceptors (Lipinski definition) is 6. The van der Waals surface area contributed by atoms with Crippen LogP contribution in [0.2, 0.25) is 0 Å². The molecule has 32 heavy (non-hydrogen) atoms. The summed E-state index contributed by atoms with van der Waals surface area (Å²) in [6, 6.07) is 22.9. The first-order chi connectivity index (χ1) is 15.6. The molecule has 0 unspecified atom stereocenters. The third kappa shape index (κ3) is 3.67. The Morgan fingerprint density at radius 3 is 2.53 bits per heavy atom. The van der Waals surface area contributed by atoms with E-state index in [2.05, 4.69) is 16.5 Å². The predicted molar refractivity (Wildman–Crippen MR) is 123 cm³/mol. The Kier molecular flexibility index (Phi) is 5.25. The van der Waals surface area contributed by atoms with Gasteiger partial charge in [0.15, 0.2) is 11.5 Å². The van der Waals surface area contributed by atoms with Gasteiger partial charge >= 0.3 is 5.97 Å². The van der Waals surface area contributed by atoms with Crippen LogP contribution in [-0.4, -0.2) is 28.1 Å². The number of benzene rings is 3. The second-order valence-electron chi connectivity index (χ2n) is 7.16. The summed E-state index contributed by atoms with van der Waals surface area (Å²) in [6.45, 7) is 1.92. The third-order valence-corrected chi connectivity index (χ3v) is 6.22. The van der Waals surface area contributed by atoms with E-state index in [0.29, 0.717) is 5.56 Å². The zero-order chi connectivity index (χ0) is 22.1. The van der Waals surface area contributed by atoms with Gasteiger partial charge in [-0.25, -0.2) is 9.48 Å². The minimum atomic E-state index is -0.619. The van der Waals surface area contributed by atoms with E-state index in [4.69, 9.17) is 4.74 Å². The molecule has 3 aromatic carbocycles. The maximum atomic E-state index is 13.5. The molecule has 5 rings (SSSR count). The molecule has 0 saturated carbocycles. The summed E-state index contributed by atoms with van der Waals surface area (Å²) in [5, 5.41) is 7.75. The molecule has 4 aromatic rings. The summed E-state index contributed by atoms with van der Waals surface area (Å²) < 4.78 is 6.68. The number of esters is 1. The van der Waals surface area contributed by atoms with Gasteiger partial charge in [0.1, 0.15) is 0 Å². The Hall–Kier alpha value is -3.84. The van der Waals surface area contributed by atoms with Crippen molar-refractivity contribution in [1.29, 1.82) is 0 Å². The molecule has 0 fully saturated rings. The highest BCUT2D eigenvalue weighted by Gasteiger charge is 2.26. The fourth-order valence-corrected chi connectivity index (χ4v) is 4.51. The lowest BCUT2D eigenvalue weighted by Gasteiger charge is -2.21. The van der Waals surface area contributed by atoms with Crippen molar-refractivity contribution in [3.8, 4) is 5.69 Å². The van der Waals surface area contributed by atoms with Crippen molar-refractivity contribution in [3.05, 3.63) is 95.8 Å². The molecule has 0 saturated heterocycles. The Labute approximate surface area is 189 Å². The molecule has 1 aromatic heterocycles. The van der Waals surface area contributed by atoms with Gasteiger partial charge in [-0.1, -0.05) is 42.1 Å². The lowest BCUT2D eigenvalue weighted by molar-refractivity contribution is 0.0516. The molecule has 1 N–H and O–H groups in total. The standard InChI is InChI=1S/C25H19N3O3S/c1-2-31-25(30)23-18(15-28(27-23)17-8-4-3-5-9-17)24(29)16-12-13-22-20(14-16)26-19-10-6-7-11-21(19)32-22/h3-15,26H,2H2,1H3.